The van der Waals surface area contributed by atoms with E-state index in [4.69, 9.17) is 5.14 Å². The molecule has 0 aliphatic rings. The van der Waals surface area contributed by atoms with Crippen molar-refractivity contribution in [2.45, 2.75) is 17.5 Å². The third-order valence-electron chi connectivity index (χ3n) is 1.84. The molecule has 0 saturated heterocycles. The van der Waals surface area contributed by atoms with E-state index in [2.05, 4.69) is 0 Å². The van der Waals surface area contributed by atoms with Crippen LogP contribution in [-0.4, -0.2) is 20.5 Å². The molecule has 1 amide bonds. The molecule has 0 bridgehead atoms. The average molecular weight is 300 g/mol. The number of amides is 1. The first-order chi connectivity index (χ1) is 8.47. The Balaban J connectivity index is 2.97. The van der Waals surface area contributed by atoms with Crippen molar-refractivity contribution in [1.29, 1.82) is 0 Å². The second-order valence-corrected chi connectivity index (χ2v) is 5.12. The molecule has 106 valence electrons. The van der Waals surface area contributed by atoms with Crippen LogP contribution in [0, 0.1) is 5.82 Å². The molecular weight excluding hydrogens is 292 g/mol. The smallest absolute Gasteiger partial charge is 0.326 e. The van der Waals surface area contributed by atoms with Crippen LogP contribution in [0.3, 0.4) is 0 Å². The first-order valence-electron chi connectivity index (χ1n) is 4.67. The Bertz CT molecular complexity index is 598. The lowest BCUT2D eigenvalue weighted by Crippen LogP contribution is -2.21. The molecule has 0 atom stereocenters. The molecule has 3 N–H and O–H groups in total. The largest absolute Gasteiger partial charge is 0.397 e. The zero-order valence-electron chi connectivity index (χ0n) is 9.16. The molecule has 10 heteroatoms. The van der Waals surface area contributed by atoms with Crippen LogP contribution in [0.5, 0.6) is 0 Å². The van der Waals surface area contributed by atoms with Crippen molar-refractivity contribution in [1.82, 2.24) is 0 Å². The molecule has 0 radical (unpaired) electrons. The topological polar surface area (TPSA) is 89.3 Å². The zero-order chi connectivity index (χ0) is 14.8. The van der Waals surface area contributed by atoms with Crippen molar-refractivity contribution in [3.8, 4) is 0 Å². The van der Waals surface area contributed by atoms with E-state index in [0.717, 1.165) is 6.07 Å². The van der Waals surface area contributed by atoms with Crippen LogP contribution in [-0.2, 0) is 14.8 Å². The fourth-order valence-corrected chi connectivity index (χ4v) is 1.75. The summed E-state index contributed by atoms with van der Waals surface area (Å²) in [6, 6.07) is 2.00. The number of halogens is 4. The summed E-state index contributed by atoms with van der Waals surface area (Å²) >= 11 is 0. The molecule has 0 saturated carbocycles. The molecule has 0 fully saturated rings. The van der Waals surface area contributed by atoms with E-state index in [9.17, 15) is 30.8 Å². The normalized spacial score (nSPS) is 12.3. The maximum atomic E-state index is 13.1. The Labute approximate surface area is 105 Å². The SMILES string of the molecule is NS(=O)(=O)c1cc(F)cc(NC(=O)CC(F)(F)F)c1. The summed E-state index contributed by atoms with van der Waals surface area (Å²) in [6.07, 6.45) is -6.49. The fraction of sp³-hybridized carbons (Fsp3) is 0.222. The molecule has 1 rings (SSSR count). The van der Waals surface area contributed by atoms with Gasteiger partial charge in [-0.15, -0.1) is 0 Å². The number of anilines is 1. The second-order valence-electron chi connectivity index (χ2n) is 3.56. The van der Waals surface area contributed by atoms with E-state index in [1.54, 1.807) is 5.32 Å². The second kappa shape index (κ2) is 5.13. The summed E-state index contributed by atoms with van der Waals surface area (Å²) < 4.78 is 70.7. The van der Waals surface area contributed by atoms with E-state index >= 15 is 0 Å². The highest BCUT2D eigenvalue weighted by Gasteiger charge is 2.31. The Kier molecular flexibility index (Phi) is 4.15. The lowest BCUT2D eigenvalue weighted by molar-refractivity contribution is -0.150. The summed E-state index contributed by atoms with van der Waals surface area (Å²) in [7, 11) is -4.23. The van der Waals surface area contributed by atoms with Gasteiger partial charge in [0.25, 0.3) is 0 Å². The van der Waals surface area contributed by atoms with Crippen molar-refractivity contribution >= 4 is 21.6 Å². The number of rotatable bonds is 3. The average Bonchev–Trinajstić information content (AvgIpc) is 2.11. The van der Waals surface area contributed by atoms with Crippen molar-refractivity contribution in [2.75, 3.05) is 5.32 Å². The summed E-state index contributed by atoms with van der Waals surface area (Å²) in [6.45, 7) is 0. The first kappa shape index (κ1) is 15.4. The third kappa shape index (κ3) is 5.22. The molecule has 1 aromatic rings. The number of nitrogens with two attached hydrogens (primary N) is 1. The third-order valence-corrected chi connectivity index (χ3v) is 2.74. The highest BCUT2D eigenvalue weighted by atomic mass is 32.2. The van der Waals surface area contributed by atoms with Gasteiger partial charge >= 0.3 is 6.18 Å². The molecule has 0 spiro atoms. The fourth-order valence-electron chi connectivity index (χ4n) is 1.19. The maximum Gasteiger partial charge on any atom is 0.397 e. The molecule has 0 unspecified atom stereocenters. The molecule has 0 aliphatic carbocycles. The van der Waals surface area contributed by atoms with Gasteiger partial charge in [-0.25, -0.2) is 17.9 Å². The molecule has 1 aromatic carbocycles. The predicted octanol–water partition coefficient (Wildman–Crippen LogP) is 1.36. The van der Waals surface area contributed by atoms with Crippen LogP contribution in [0.15, 0.2) is 23.1 Å². The van der Waals surface area contributed by atoms with Crippen molar-refractivity contribution in [3.05, 3.63) is 24.0 Å². The van der Waals surface area contributed by atoms with Gasteiger partial charge in [-0.1, -0.05) is 0 Å². The molecule has 19 heavy (non-hydrogen) atoms. The highest BCUT2D eigenvalue weighted by molar-refractivity contribution is 7.89. The monoisotopic (exact) mass is 300 g/mol. The van der Waals surface area contributed by atoms with Gasteiger partial charge in [0.2, 0.25) is 15.9 Å². The van der Waals surface area contributed by atoms with Gasteiger partial charge < -0.3 is 5.32 Å². The van der Waals surface area contributed by atoms with Crippen LogP contribution in [0.1, 0.15) is 6.42 Å². The Morgan fingerprint density at radius 1 is 1.26 bits per heavy atom. The minimum absolute atomic E-state index is 0.432. The number of hydrogen-bond acceptors (Lipinski definition) is 3. The molecular formula is C9H8F4N2O3S. The first-order valence-corrected chi connectivity index (χ1v) is 6.22. The van der Waals surface area contributed by atoms with Gasteiger partial charge in [0.15, 0.2) is 0 Å². The van der Waals surface area contributed by atoms with E-state index in [-0.39, 0.29) is 0 Å². The Hall–Kier alpha value is -1.68. The van der Waals surface area contributed by atoms with Crippen LogP contribution in [0.4, 0.5) is 23.2 Å². The van der Waals surface area contributed by atoms with Crippen molar-refractivity contribution < 1.29 is 30.8 Å². The van der Waals surface area contributed by atoms with Gasteiger partial charge in [0, 0.05) is 5.69 Å². The number of benzene rings is 1. The zero-order valence-corrected chi connectivity index (χ0v) is 9.98. The van der Waals surface area contributed by atoms with E-state index < -0.39 is 44.9 Å². The van der Waals surface area contributed by atoms with E-state index in [1.807, 2.05) is 0 Å². The number of nitrogens with one attached hydrogen (secondary N) is 1. The van der Waals surface area contributed by atoms with Crippen LogP contribution < -0.4 is 10.5 Å². The number of hydrogen-bond donors (Lipinski definition) is 2. The lowest BCUT2D eigenvalue weighted by Gasteiger charge is -2.09. The minimum atomic E-state index is -4.72. The van der Waals surface area contributed by atoms with Gasteiger partial charge in [0.05, 0.1) is 4.90 Å². The van der Waals surface area contributed by atoms with E-state index in [0.29, 0.717) is 12.1 Å². The molecule has 0 aromatic heterocycles. The Morgan fingerprint density at radius 3 is 2.32 bits per heavy atom. The van der Waals surface area contributed by atoms with Crippen molar-refractivity contribution in [2.24, 2.45) is 5.14 Å². The Morgan fingerprint density at radius 2 is 1.84 bits per heavy atom. The van der Waals surface area contributed by atoms with Gasteiger partial charge in [-0.3, -0.25) is 4.79 Å². The van der Waals surface area contributed by atoms with Gasteiger partial charge in [-0.05, 0) is 18.2 Å². The standard InChI is InChI=1S/C9H8F4N2O3S/c10-5-1-6(3-7(2-5)19(14,17)18)15-8(16)4-9(11,12)13/h1-3H,4H2,(H,15,16)(H2,14,17,18). The molecule has 5 nitrogen and oxygen atoms in total. The number of alkyl halides is 3. The number of carbonyl (C=O) groups is 1. The summed E-state index contributed by atoms with van der Waals surface area (Å²) in [5.74, 6) is -2.51. The number of sulfonamides is 1. The maximum absolute atomic E-state index is 13.1. The van der Waals surface area contributed by atoms with Gasteiger partial charge in [-0.2, -0.15) is 13.2 Å². The van der Waals surface area contributed by atoms with E-state index in [1.165, 1.54) is 0 Å². The van der Waals surface area contributed by atoms with Crippen LogP contribution in [0.2, 0.25) is 0 Å². The van der Waals surface area contributed by atoms with Crippen LogP contribution >= 0.6 is 0 Å². The minimum Gasteiger partial charge on any atom is -0.326 e. The molecule has 0 aliphatic heterocycles. The lowest BCUT2D eigenvalue weighted by atomic mass is 10.3. The number of carbonyl (C=O) groups excluding carboxylic acids is 1. The summed E-state index contributed by atoms with van der Waals surface area (Å²) in [5, 5.41) is 6.47. The van der Waals surface area contributed by atoms with Crippen molar-refractivity contribution in [3.63, 3.8) is 0 Å². The summed E-state index contributed by atoms with van der Waals surface area (Å²) in [4.78, 5) is 10.3. The quantitative estimate of drug-likeness (QED) is 0.826. The summed E-state index contributed by atoms with van der Waals surface area (Å²) in [5.41, 5.74) is -0.432. The number of primary sulfonamides is 1. The predicted molar refractivity (Wildman–Crippen MR) is 57.1 cm³/mol. The highest BCUT2D eigenvalue weighted by Crippen LogP contribution is 2.22. The van der Waals surface area contributed by atoms with Crippen LogP contribution in [0.25, 0.3) is 0 Å². The van der Waals surface area contributed by atoms with Gasteiger partial charge in [0.1, 0.15) is 12.2 Å². The molecule has 0 heterocycles.